The number of guanidine groups is 1. The average Bonchev–Trinajstić information content (AvgIpc) is 3.31. The van der Waals surface area contributed by atoms with Gasteiger partial charge in [-0.25, -0.2) is 9.59 Å². The molecule has 0 unspecified atom stereocenters. The molecule has 0 aliphatic carbocycles. The lowest BCUT2D eigenvalue weighted by atomic mass is 10.1. The van der Waals surface area contributed by atoms with Crippen LogP contribution in [0.25, 0.3) is 0 Å². The number of nitrogens with one attached hydrogen (secondary N) is 2. The third-order valence-electron chi connectivity index (χ3n) is 5.14. The zero-order valence-corrected chi connectivity index (χ0v) is 19.7. The number of hydrogen-bond donors (Lipinski definition) is 7. The lowest BCUT2D eigenvalue weighted by molar-refractivity contribution is -0.139. The first-order valence-corrected chi connectivity index (χ1v) is 11.4. The molecule has 0 saturated heterocycles. The Labute approximate surface area is 207 Å². The predicted octanol–water partition coefficient (Wildman–Crippen LogP) is 0.414. The van der Waals surface area contributed by atoms with Crippen LogP contribution in [0.3, 0.4) is 0 Å². The Morgan fingerprint density at radius 3 is 2.42 bits per heavy atom. The van der Waals surface area contributed by atoms with Crippen molar-refractivity contribution in [3.63, 3.8) is 0 Å². The minimum Gasteiger partial charge on any atom is -0.481 e. The number of benzene rings is 1. The molecule has 0 aliphatic rings. The number of amides is 2. The van der Waals surface area contributed by atoms with E-state index in [1.54, 1.807) is 30.3 Å². The van der Waals surface area contributed by atoms with Gasteiger partial charge in [0.15, 0.2) is 11.8 Å². The van der Waals surface area contributed by atoms with Crippen LogP contribution in [0.15, 0.2) is 39.8 Å². The van der Waals surface area contributed by atoms with Gasteiger partial charge in [-0.1, -0.05) is 35.5 Å². The van der Waals surface area contributed by atoms with Crippen molar-refractivity contribution >= 4 is 23.9 Å². The van der Waals surface area contributed by atoms with Gasteiger partial charge in [0.05, 0.1) is 6.04 Å². The van der Waals surface area contributed by atoms with Crippen molar-refractivity contribution in [3.05, 3.63) is 47.6 Å². The molecule has 1 aromatic heterocycles. The van der Waals surface area contributed by atoms with Gasteiger partial charge >= 0.3 is 18.0 Å². The summed E-state index contributed by atoms with van der Waals surface area (Å²) in [6.45, 7) is 0.463. The summed E-state index contributed by atoms with van der Waals surface area (Å²) in [4.78, 5) is 43.5. The van der Waals surface area contributed by atoms with E-state index in [1.807, 2.05) is 0 Å². The maximum Gasteiger partial charge on any atom is 0.326 e. The molecule has 14 nitrogen and oxygen atoms in total. The fourth-order valence-corrected chi connectivity index (χ4v) is 3.29. The Morgan fingerprint density at radius 1 is 1.06 bits per heavy atom. The number of urea groups is 1. The summed E-state index contributed by atoms with van der Waals surface area (Å²) in [5.41, 5.74) is 17.4. The van der Waals surface area contributed by atoms with E-state index in [1.165, 1.54) is 0 Å². The number of aliphatic imine (C=N–C) groups is 1. The van der Waals surface area contributed by atoms with Gasteiger partial charge in [0, 0.05) is 19.4 Å². The molecule has 1 aromatic carbocycles. The highest BCUT2D eigenvalue weighted by Crippen LogP contribution is 2.20. The second-order valence-electron chi connectivity index (χ2n) is 8.08. The smallest absolute Gasteiger partial charge is 0.326 e. The minimum atomic E-state index is -1.22. The van der Waals surface area contributed by atoms with Gasteiger partial charge in [-0.15, -0.1) is 0 Å². The molecule has 0 aliphatic heterocycles. The lowest BCUT2D eigenvalue weighted by Crippen LogP contribution is -2.48. The van der Waals surface area contributed by atoms with Crippen LogP contribution in [0.4, 0.5) is 4.79 Å². The number of carbonyl (C=O) groups is 3. The molecule has 0 saturated carbocycles. The molecule has 0 bridgehead atoms. The van der Waals surface area contributed by atoms with Gasteiger partial charge in [-0.2, -0.15) is 4.98 Å². The second-order valence-corrected chi connectivity index (χ2v) is 8.08. The maximum atomic E-state index is 12.6. The molecule has 2 aromatic rings. The summed E-state index contributed by atoms with van der Waals surface area (Å²) in [7, 11) is 0. The van der Waals surface area contributed by atoms with E-state index in [0.29, 0.717) is 25.8 Å². The molecule has 0 radical (unpaired) electrons. The minimum absolute atomic E-state index is 0.0146. The van der Waals surface area contributed by atoms with Gasteiger partial charge in [-0.05, 0) is 31.2 Å². The predicted molar refractivity (Wildman–Crippen MR) is 129 cm³/mol. The van der Waals surface area contributed by atoms with Crippen molar-refractivity contribution in [2.45, 2.75) is 56.7 Å². The number of rotatable bonds is 15. The fourth-order valence-electron chi connectivity index (χ4n) is 3.29. The van der Waals surface area contributed by atoms with Crippen LogP contribution >= 0.6 is 0 Å². The number of aromatic nitrogens is 2. The van der Waals surface area contributed by atoms with Crippen LogP contribution in [0.2, 0.25) is 0 Å². The van der Waals surface area contributed by atoms with Crippen molar-refractivity contribution in [3.8, 4) is 0 Å². The van der Waals surface area contributed by atoms with Gasteiger partial charge in [0.25, 0.3) is 0 Å². The Balaban J connectivity index is 2.02. The maximum absolute atomic E-state index is 12.6. The van der Waals surface area contributed by atoms with Crippen LogP contribution in [-0.4, -0.2) is 56.9 Å². The van der Waals surface area contributed by atoms with E-state index < -0.39 is 36.1 Å². The number of carbonyl (C=O) groups excluding carboxylic acids is 1. The van der Waals surface area contributed by atoms with E-state index in [4.69, 9.17) is 26.8 Å². The highest BCUT2D eigenvalue weighted by molar-refractivity contribution is 5.83. The first-order valence-electron chi connectivity index (χ1n) is 11.4. The molecule has 2 amide bonds. The third kappa shape index (κ3) is 9.97. The Hall–Kier alpha value is -4.20. The van der Waals surface area contributed by atoms with Crippen LogP contribution in [0.5, 0.6) is 0 Å². The van der Waals surface area contributed by atoms with Crippen LogP contribution in [0, 0.1) is 0 Å². The Morgan fingerprint density at radius 2 is 1.78 bits per heavy atom. The number of hydrogen-bond acceptors (Lipinski definition) is 8. The standard InChI is InChI=1S/C22H32N8O6/c23-14(8-4-5-11-26-21(24)25)18-29-19(36-30-18)15(9-10-17(31)32)27-22(35)28-16(20(33)34)12-13-6-2-1-3-7-13/h1-3,6-7,14-16H,4-5,8-12,23H2,(H,31,32)(H,33,34)(H4,24,25,26)(H2,27,28,35)/t14-,15-,16-/m0/s1. The van der Waals surface area contributed by atoms with E-state index in [0.717, 1.165) is 5.56 Å². The average molecular weight is 505 g/mol. The Kier molecular flexibility index (Phi) is 11.1. The van der Waals surface area contributed by atoms with E-state index >= 15 is 0 Å². The van der Waals surface area contributed by atoms with Crippen LogP contribution < -0.4 is 27.8 Å². The topological polar surface area (TPSA) is 245 Å². The van der Waals surface area contributed by atoms with Gasteiger partial charge in [-0.3, -0.25) is 9.79 Å². The van der Waals surface area contributed by atoms with Crippen molar-refractivity contribution in [1.82, 2.24) is 20.8 Å². The monoisotopic (exact) mass is 504 g/mol. The number of nitrogens with zero attached hydrogens (tertiary/aromatic N) is 3. The van der Waals surface area contributed by atoms with Gasteiger partial charge < -0.3 is 42.6 Å². The number of carboxylic acids is 2. The quantitative estimate of drug-likeness (QED) is 0.0994. The highest BCUT2D eigenvalue weighted by Gasteiger charge is 2.26. The summed E-state index contributed by atoms with van der Waals surface area (Å²) in [5, 5.41) is 27.4. The normalized spacial score (nSPS) is 13.2. The molecule has 3 atom stereocenters. The van der Waals surface area contributed by atoms with Crippen molar-refractivity contribution in [2.24, 2.45) is 22.2 Å². The molecular formula is C22H32N8O6. The molecule has 196 valence electrons. The SMILES string of the molecule is NC(N)=NCCCC[C@H](N)c1noc([C@H](CCC(=O)O)NC(=O)N[C@@H](Cc2ccccc2)C(=O)O)n1. The van der Waals surface area contributed by atoms with E-state index in [-0.39, 0.29) is 36.9 Å². The molecule has 36 heavy (non-hydrogen) atoms. The van der Waals surface area contributed by atoms with Gasteiger partial charge in [0.1, 0.15) is 12.1 Å². The lowest BCUT2D eigenvalue weighted by Gasteiger charge is -2.18. The third-order valence-corrected chi connectivity index (χ3v) is 5.14. The summed E-state index contributed by atoms with van der Waals surface area (Å²) in [6.07, 6.45) is 1.62. The van der Waals surface area contributed by atoms with E-state index in [2.05, 4.69) is 25.8 Å². The molecule has 0 fully saturated rings. The van der Waals surface area contributed by atoms with E-state index in [9.17, 15) is 19.5 Å². The molecular weight excluding hydrogens is 472 g/mol. The molecule has 1 heterocycles. The zero-order chi connectivity index (χ0) is 26.5. The molecule has 0 spiro atoms. The van der Waals surface area contributed by atoms with Crippen molar-refractivity contribution < 1.29 is 29.1 Å². The molecule has 10 N–H and O–H groups in total. The summed E-state index contributed by atoms with van der Waals surface area (Å²) in [5.74, 6) is -2.14. The first-order chi connectivity index (χ1) is 17.2. The Bertz CT molecular complexity index is 1020. The van der Waals surface area contributed by atoms with Crippen LogP contribution in [0.1, 0.15) is 61.5 Å². The second kappa shape index (κ2) is 14.3. The van der Waals surface area contributed by atoms with Crippen LogP contribution in [-0.2, 0) is 16.0 Å². The fraction of sp³-hybridized carbons (Fsp3) is 0.455. The number of unbranched alkanes of at least 4 members (excludes halogenated alkanes) is 1. The summed E-state index contributed by atoms with van der Waals surface area (Å²) in [6, 6.07) is 5.25. The molecule has 2 rings (SSSR count). The largest absolute Gasteiger partial charge is 0.481 e. The van der Waals surface area contributed by atoms with Gasteiger partial charge in [0.2, 0.25) is 5.89 Å². The number of nitrogens with two attached hydrogens (primary N) is 3. The first kappa shape index (κ1) is 28.0. The zero-order valence-electron chi connectivity index (χ0n) is 19.7. The number of aliphatic carboxylic acids is 2. The van der Waals surface area contributed by atoms with Crippen molar-refractivity contribution in [2.75, 3.05) is 6.54 Å². The summed E-state index contributed by atoms with van der Waals surface area (Å²) >= 11 is 0. The molecule has 14 heteroatoms. The van der Waals surface area contributed by atoms with Crippen molar-refractivity contribution in [1.29, 1.82) is 0 Å². The highest BCUT2D eigenvalue weighted by atomic mass is 16.5. The summed E-state index contributed by atoms with van der Waals surface area (Å²) < 4.78 is 5.24. The number of carboxylic acid groups (broad SMARTS) is 2.